The fourth-order valence-corrected chi connectivity index (χ4v) is 5.33. The Morgan fingerprint density at radius 2 is 1.85 bits per heavy atom. The highest BCUT2D eigenvalue weighted by molar-refractivity contribution is 5.82. The van der Waals surface area contributed by atoms with Gasteiger partial charge in [-0.3, -0.25) is 4.57 Å². The molecule has 3 aromatic rings. The second-order valence-electron chi connectivity index (χ2n) is 9.09. The smallest absolute Gasteiger partial charge is 0.169 e. The van der Waals surface area contributed by atoms with E-state index in [1.54, 1.807) is 6.33 Å². The summed E-state index contributed by atoms with van der Waals surface area (Å²) in [6.45, 7) is 0.616. The van der Waals surface area contributed by atoms with Crippen molar-refractivity contribution in [3.63, 3.8) is 0 Å². The van der Waals surface area contributed by atoms with Crippen LogP contribution < -0.4 is 5.32 Å². The molecule has 4 atom stereocenters. The topological polar surface area (TPSA) is 104 Å². The van der Waals surface area contributed by atoms with Crippen molar-refractivity contribution in [3.8, 4) is 0 Å². The minimum absolute atomic E-state index is 0.120. The minimum Gasteiger partial charge on any atom is -0.394 e. The molecule has 2 aromatic heterocycles. The molecule has 0 unspecified atom stereocenters. The predicted molar refractivity (Wildman–Crippen MR) is 121 cm³/mol. The molecule has 9 nitrogen and oxygen atoms in total. The summed E-state index contributed by atoms with van der Waals surface area (Å²) in [5.41, 5.74) is 2.61. The molecule has 1 aromatic carbocycles. The van der Waals surface area contributed by atoms with E-state index in [-0.39, 0.29) is 18.8 Å². The maximum atomic E-state index is 9.94. The van der Waals surface area contributed by atoms with Gasteiger partial charge in [0.15, 0.2) is 29.0 Å². The van der Waals surface area contributed by atoms with Gasteiger partial charge in [0, 0.05) is 19.4 Å². The van der Waals surface area contributed by atoms with Gasteiger partial charge in [-0.05, 0) is 24.8 Å². The molecule has 3 fully saturated rings. The molecule has 1 aliphatic carbocycles. The summed E-state index contributed by atoms with van der Waals surface area (Å²) >= 11 is 0. The number of aliphatic hydroxyl groups is 1. The van der Waals surface area contributed by atoms with Gasteiger partial charge < -0.3 is 24.6 Å². The van der Waals surface area contributed by atoms with Crippen LogP contribution in [0.25, 0.3) is 11.2 Å². The molecular formula is C24H29N5O4. The number of fused-ring (bicyclic) bond motifs is 2. The van der Waals surface area contributed by atoms with E-state index in [0.29, 0.717) is 17.0 Å². The van der Waals surface area contributed by atoms with Crippen LogP contribution in [-0.4, -0.2) is 61.9 Å². The van der Waals surface area contributed by atoms with Crippen molar-refractivity contribution >= 4 is 17.0 Å². The second kappa shape index (κ2) is 8.64. The third-order valence-corrected chi connectivity index (χ3v) is 6.96. The molecule has 2 N–H and O–H groups in total. The highest BCUT2D eigenvalue weighted by atomic mass is 16.8. The zero-order chi connectivity index (χ0) is 22.3. The molecule has 1 spiro atoms. The number of aromatic nitrogens is 4. The van der Waals surface area contributed by atoms with Crippen LogP contribution >= 0.6 is 0 Å². The molecule has 2 aliphatic heterocycles. The number of benzene rings is 1. The van der Waals surface area contributed by atoms with E-state index < -0.39 is 18.1 Å². The first-order valence-electron chi connectivity index (χ1n) is 11.8. The minimum atomic E-state index is -0.557. The summed E-state index contributed by atoms with van der Waals surface area (Å²) in [5.74, 6) is 0.133. The van der Waals surface area contributed by atoms with Crippen LogP contribution in [-0.2, 0) is 20.6 Å². The number of anilines is 1. The Bertz CT molecular complexity index is 1100. The number of nitrogens with one attached hydrogen (secondary N) is 1. The highest BCUT2D eigenvalue weighted by Gasteiger charge is 2.58. The summed E-state index contributed by atoms with van der Waals surface area (Å²) in [7, 11) is 0. The van der Waals surface area contributed by atoms with Gasteiger partial charge in [0.1, 0.15) is 24.6 Å². The Labute approximate surface area is 192 Å². The maximum absolute atomic E-state index is 9.94. The number of ether oxygens (including phenoxy) is 3. The van der Waals surface area contributed by atoms with Gasteiger partial charge >= 0.3 is 0 Å². The van der Waals surface area contributed by atoms with Crippen LogP contribution in [0.2, 0.25) is 0 Å². The van der Waals surface area contributed by atoms with Crippen molar-refractivity contribution in [2.24, 2.45) is 0 Å². The van der Waals surface area contributed by atoms with E-state index >= 15 is 0 Å². The van der Waals surface area contributed by atoms with E-state index in [4.69, 9.17) is 14.2 Å². The molecule has 0 radical (unpaired) electrons. The molecule has 174 valence electrons. The van der Waals surface area contributed by atoms with Crippen molar-refractivity contribution in [1.29, 1.82) is 0 Å². The number of hydrogen-bond donors (Lipinski definition) is 2. The molecule has 33 heavy (non-hydrogen) atoms. The summed E-state index contributed by atoms with van der Waals surface area (Å²) in [5, 5.41) is 13.3. The maximum Gasteiger partial charge on any atom is 0.169 e. The van der Waals surface area contributed by atoms with Crippen LogP contribution in [0.5, 0.6) is 0 Å². The second-order valence-corrected chi connectivity index (χ2v) is 9.09. The summed E-state index contributed by atoms with van der Waals surface area (Å²) in [4.78, 5) is 13.5. The van der Waals surface area contributed by atoms with Gasteiger partial charge in [0.05, 0.1) is 12.9 Å². The van der Waals surface area contributed by atoms with E-state index in [2.05, 4.69) is 32.4 Å². The van der Waals surface area contributed by atoms with E-state index in [1.165, 1.54) is 18.3 Å². The summed E-state index contributed by atoms with van der Waals surface area (Å²) in [6.07, 6.45) is 7.76. The van der Waals surface area contributed by atoms with Gasteiger partial charge in [-0.2, -0.15) is 0 Å². The molecule has 0 bridgehead atoms. The zero-order valence-corrected chi connectivity index (χ0v) is 18.5. The van der Waals surface area contributed by atoms with E-state index in [1.807, 2.05) is 22.8 Å². The first-order chi connectivity index (χ1) is 16.3. The van der Waals surface area contributed by atoms with Crippen molar-refractivity contribution in [2.45, 2.75) is 68.9 Å². The Morgan fingerprint density at radius 3 is 2.67 bits per heavy atom. The largest absolute Gasteiger partial charge is 0.394 e. The van der Waals surface area contributed by atoms with Gasteiger partial charge in [-0.25, -0.2) is 15.0 Å². The van der Waals surface area contributed by atoms with Crippen LogP contribution in [0.1, 0.15) is 43.9 Å². The quantitative estimate of drug-likeness (QED) is 0.590. The number of nitrogens with zero attached hydrogens (tertiary/aromatic N) is 4. The molecule has 6 rings (SSSR count). The van der Waals surface area contributed by atoms with Gasteiger partial charge in [0.25, 0.3) is 0 Å². The lowest BCUT2D eigenvalue weighted by Crippen LogP contribution is -2.37. The third kappa shape index (κ3) is 3.78. The Morgan fingerprint density at radius 1 is 1.03 bits per heavy atom. The Hall–Kier alpha value is -2.59. The Balaban J connectivity index is 1.24. The van der Waals surface area contributed by atoms with E-state index in [0.717, 1.165) is 38.6 Å². The van der Waals surface area contributed by atoms with Crippen molar-refractivity contribution in [1.82, 2.24) is 19.5 Å². The van der Waals surface area contributed by atoms with Crippen LogP contribution in [0.3, 0.4) is 0 Å². The average molecular weight is 452 g/mol. The monoisotopic (exact) mass is 451 g/mol. The predicted octanol–water partition coefficient (Wildman–Crippen LogP) is 2.82. The summed E-state index contributed by atoms with van der Waals surface area (Å²) < 4.78 is 21.0. The number of imidazole rings is 1. The lowest BCUT2D eigenvalue weighted by Gasteiger charge is -2.34. The molecule has 3 aliphatic rings. The van der Waals surface area contributed by atoms with Crippen molar-refractivity contribution in [2.75, 3.05) is 18.5 Å². The average Bonchev–Trinajstić information content (AvgIpc) is 3.52. The SMILES string of the molecule is OC[C@H]1O[C@@H](n2cnc3c(NCCc4ccccc4)ncnc32)[C@@H]2OC3(CCCCC3)O[C@@H]21. The molecule has 1 saturated carbocycles. The fraction of sp³-hybridized carbons (Fsp3) is 0.542. The fourth-order valence-electron chi connectivity index (χ4n) is 5.33. The van der Waals surface area contributed by atoms with Gasteiger partial charge in [0.2, 0.25) is 0 Å². The summed E-state index contributed by atoms with van der Waals surface area (Å²) in [6, 6.07) is 10.3. The standard InChI is InChI=1S/C24H29N5O4/c30-13-17-19-20(33-24(32-19)10-5-2-6-11-24)23(31-17)29-15-28-18-21(26-14-27-22(18)29)25-12-9-16-7-3-1-4-8-16/h1,3-4,7-8,14-15,17,19-20,23,30H,2,5-6,9-13H2,(H,25,26,27)/t17-,19-,20-,23-/m1/s1. The number of aliphatic hydroxyl groups excluding tert-OH is 1. The van der Waals surface area contributed by atoms with Crippen molar-refractivity contribution < 1.29 is 19.3 Å². The normalized spacial score (nSPS) is 28.4. The van der Waals surface area contributed by atoms with Gasteiger partial charge in [-0.1, -0.05) is 36.8 Å². The first kappa shape index (κ1) is 21.0. The van der Waals surface area contributed by atoms with Crippen LogP contribution in [0.15, 0.2) is 43.0 Å². The first-order valence-corrected chi connectivity index (χ1v) is 11.8. The molecular weight excluding hydrogens is 422 g/mol. The molecule has 4 heterocycles. The van der Waals surface area contributed by atoms with E-state index in [9.17, 15) is 5.11 Å². The van der Waals surface area contributed by atoms with Crippen molar-refractivity contribution in [3.05, 3.63) is 48.5 Å². The van der Waals surface area contributed by atoms with Crippen LogP contribution in [0, 0.1) is 0 Å². The number of rotatable bonds is 6. The zero-order valence-electron chi connectivity index (χ0n) is 18.5. The van der Waals surface area contributed by atoms with Crippen LogP contribution in [0.4, 0.5) is 5.82 Å². The lowest BCUT2D eigenvalue weighted by molar-refractivity contribution is -0.232. The third-order valence-electron chi connectivity index (χ3n) is 6.96. The Kier molecular flexibility index (Phi) is 5.49. The molecule has 2 saturated heterocycles. The van der Waals surface area contributed by atoms with Gasteiger partial charge in [-0.15, -0.1) is 0 Å². The molecule has 0 amide bonds. The highest BCUT2D eigenvalue weighted by Crippen LogP contribution is 2.48. The number of hydrogen-bond acceptors (Lipinski definition) is 8. The lowest BCUT2D eigenvalue weighted by atomic mass is 9.94. The molecule has 9 heteroatoms.